The van der Waals surface area contributed by atoms with Crippen LogP contribution in [0.1, 0.15) is 27.8 Å². The van der Waals surface area contributed by atoms with Gasteiger partial charge in [-0.3, -0.25) is 4.98 Å². The lowest BCUT2D eigenvalue weighted by atomic mass is 9.91. The van der Waals surface area contributed by atoms with Gasteiger partial charge in [0.15, 0.2) is 0 Å². The summed E-state index contributed by atoms with van der Waals surface area (Å²) in [7, 11) is 0. The van der Waals surface area contributed by atoms with Gasteiger partial charge in [0.05, 0.1) is 11.1 Å². The molecule has 0 bridgehead atoms. The Balaban J connectivity index is 1.51. The van der Waals surface area contributed by atoms with Crippen LogP contribution in [0.5, 0.6) is 0 Å². The summed E-state index contributed by atoms with van der Waals surface area (Å²) in [5, 5.41) is 1.75. The third-order valence-electron chi connectivity index (χ3n) is 7.66. The van der Waals surface area contributed by atoms with Crippen molar-refractivity contribution in [2.45, 2.75) is 25.7 Å². The molecule has 0 aliphatic carbocycles. The SMILES string of the molecule is FC(F)(F)c1cccc2c(-c3cccc(N(Cc4ccccc4Cl)Cc4ccccc4Cl)c3)c(Cc3ccccc3)cnc12. The molecule has 0 spiro atoms. The number of fused-ring (bicyclic) bond motifs is 1. The fourth-order valence-corrected chi connectivity index (χ4v) is 5.94. The van der Waals surface area contributed by atoms with E-state index >= 15 is 0 Å². The van der Waals surface area contributed by atoms with Crippen molar-refractivity contribution in [1.82, 2.24) is 4.98 Å². The first-order valence-corrected chi connectivity index (χ1v) is 14.9. The van der Waals surface area contributed by atoms with Gasteiger partial charge >= 0.3 is 6.18 Å². The van der Waals surface area contributed by atoms with Crippen LogP contribution in [0.2, 0.25) is 10.0 Å². The van der Waals surface area contributed by atoms with E-state index in [0.29, 0.717) is 34.9 Å². The molecule has 1 heterocycles. The molecule has 2 nitrogen and oxygen atoms in total. The fourth-order valence-electron chi connectivity index (χ4n) is 5.54. The Labute approximate surface area is 264 Å². The van der Waals surface area contributed by atoms with Gasteiger partial charge in [0, 0.05) is 40.4 Å². The van der Waals surface area contributed by atoms with E-state index in [1.807, 2.05) is 103 Å². The van der Waals surface area contributed by atoms with E-state index in [1.54, 1.807) is 12.3 Å². The van der Waals surface area contributed by atoms with Crippen LogP contribution in [0.4, 0.5) is 18.9 Å². The molecule has 0 aliphatic rings. The summed E-state index contributed by atoms with van der Waals surface area (Å²) >= 11 is 13.2. The maximum absolute atomic E-state index is 14.1. The number of hydrogen-bond acceptors (Lipinski definition) is 2. The molecule has 0 atom stereocenters. The van der Waals surface area contributed by atoms with Crippen LogP contribution in [-0.4, -0.2) is 4.98 Å². The Morgan fingerprint density at radius 2 is 1.25 bits per heavy atom. The lowest BCUT2D eigenvalue weighted by Crippen LogP contribution is -2.22. The van der Waals surface area contributed by atoms with Crippen LogP contribution in [0, 0.1) is 0 Å². The number of para-hydroxylation sites is 1. The second-order valence-corrected chi connectivity index (χ2v) is 11.4. The van der Waals surface area contributed by atoms with Crippen molar-refractivity contribution in [1.29, 1.82) is 0 Å². The van der Waals surface area contributed by atoms with Crippen LogP contribution in [-0.2, 0) is 25.7 Å². The number of rotatable bonds is 8. The third kappa shape index (κ3) is 6.45. The number of anilines is 1. The van der Waals surface area contributed by atoms with Crippen molar-refractivity contribution < 1.29 is 13.2 Å². The molecule has 5 aromatic carbocycles. The van der Waals surface area contributed by atoms with E-state index in [4.69, 9.17) is 23.2 Å². The highest BCUT2D eigenvalue weighted by Gasteiger charge is 2.33. The van der Waals surface area contributed by atoms with E-state index in [0.717, 1.165) is 45.1 Å². The number of nitrogens with zero attached hydrogens (tertiary/aromatic N) is 2. The minimum atomic E-state index is -4.53. The molecule has 0 aliphatic heterocycles. The molecule has 6 aromatic rings. The number of hydrogen-bond donors (Lipinski definition) is 0. The predicted molar refractivity (Wildman–Crippen MR) is 174 cm³/mol. The normalized spacial score (nSPS) is 11.6. The first kappa shape index (κ1) is 29.7. The molecule has 0 saturated heterocycles. The molecular formula is C37H27Cl2F3N2. The highest BCUT2D eigenvalue weighted by molar-refractivity contribution is 6.31. The summed E-state index contributed by atoms with van der Waals surface area (Å²) in [6.45, 7) is 1.00. The standard InChI is InChI=1S/C37H27Cl2F3N2/c38-33-18-6-4-12-27(33)23-44(24-28-13-5-7-19-34(28)39)30-15-8-14-26(21-30)35-29(20-25-10-2-1-3-11-25)22-43-36-31(35)16-9-17-32(36)37(40,41)42/h1-19,21-22H,20,23-24H2. The summed E-state index contributed by atoms with van der Waals surface area (Å²) < 4.78 is 42.2. The molecule has 6 rings (SSSR count). The topological polar surface area (TPSA) is 16.1 Å². The average molecular weight is 628 g/mol. The van der Waals surface area contributed by atoms with Gasteiger partial charge in [-0.05, 0) is 70.1 Å². The lowest BCUT2D eigenvalue weighted by Gasteiger charge is -2.27. The van der Waals surface area contributed by atoms with Gasteiger partial charge in [-0.15, -0.1) is 0 Å². The number of benzene rings is 5. The smallest absolute Gasteiger partial charge is 0.363 e. The van der Waals surface area contributed by atoms with Crippen LogP contribution in [0.25, 0.3) is 22.0 Å². The zero-order chi connectivity index (χ0) is 30.7. The van der Waals surface area contributed by atoms with Crippen molar-refractivity contribution in [3.63, 3.8) is 0 Å². The number of alkyl halides is 3. The Kier molecular flexibility index (Phi) is 8.60. The maximum atomic E-state index is 14.1. The van der Waals surface area contributed by atoms with E-state index in [1.165, 1.54) is 6.07 Å². The van der Waals surface area contributed by atoms with E-state index < -0.39 is 11.7 Å². The zero-order valence-corrected chi connectivity index (χ0v) is 25.0. The van der Waals surface area contributed by atoms with Gasteiger partial charge in [0.25, 0.3) is 0 Å². The lowest BCUT2D eigenvalue weighted by molar-refractivity contribution is -0.136. The quantitative estimate of drug-likeness (QED) is 0.167. The minimum Gasteiger partial charge on any atom is -0.363 e. The molecule has 0 radical (unpaired) electrons. The molecule has 0 fully saturated rings. The first-order valence-electron chi connectivity index (χ1n) is 14.1. The molecular weight excluding hydrogens is 600 g/mol. The Bertz CT molecular complexity index is 1880. The third-order valence-corrected chi connectivity index (χ3v) is 8.39. The molecule has 0 saturated carbocycles. The molecule has 44 heavy (non-hydrogen) atoms. The Hall–Kier alpha value is -4.32. The molecule has 220 valence electrons. The second-order valence-electron chi connectivity index (χ2n) is 10.6. The summed E-state index contributed by atoms with van der Waals surface area (Å²) in [4.78, 5) is 6.53. The highest BCUT2D eigenvalue weighted by Crippen LogP contribution is 2.40. The second kappa shape index (κ2) is 12.7. The van der Waals surface area contributed by atoms with Crippen molar-refractivity contribution >= 4 is 39.8 Å². The van der Waals surface area contributed by atoms with Gasteiger partial charge < -0.3 is 4.90 Å². The van der Waals surface area contributed by atoms with Crippen LogP contribution >= 0.6 is 23.2 Å². The Morgan fingerprint density at radius 1 is 0.636 bits per heavy atom. The van der Waals surface area contributed by atoms with Crippen molar-refractivity contribution in [2.24, 2.45) is 0 Å². The number of halogens is 5. The highest BCUT2D eigenvalue weighted by atomic mass is 35.5. The first-order chi connectivity index (χ1) is 21.3. The maximum Gasteiger partial charge on any atom is 0.418 e. The monoisotopic (exact) mass is 626 g/mol. The zero-order valence-electron chi connectivity index (χ0n) is 23.5. The Morgan fingerprint density at radius 3 is 1.89 bits per heavy atom. The van der Waals surface area contributed by atoms with Gasteiger partial charge in [-0.25, -0.2) is 0 Å². The fraction of sp³-hybridized carbons (Fsp3) is 0.108. The summed E-state index contributed by atoms with van der Waals surface area (Å²) in [5.41, 5.74) is 5.34. The average Bonchev–Trinajstić information content (AvgIpc) is 3.02. The number of aromatic nitrogens is 1. The van der Waals surface area contributed by atoms with Gasteiger partial charge in [-0.1, -0.05) is 114 Å². The van der Waals surface area contributed by atoms with Gasteiger partial charge in [0.1, 0.15) is 0 Å². The number of pyridine rings is 1. The summed E-state index contributed by atoms with van der Waals surface area (Å²) in [6.07, 6.45) is -2.44. The largest absolute Gasteiger partial charge is 0.418 e. The predicted octanol–water partition coefficient (Wildman–Crippen LogP) is 11.0. The minimum absolute atomic E-state index is 0.0683. The van der Waals surface area contributed by atoms with E-state index in [2.05, 4.69) is 9.88 Å². The van der Waals surface area contributed by atoms with Gasteiger partial charge in [-0.2, -0.15) is 13.2 Å². The summed E-state index contributed by atoms with van der Waals surface area (Å²) in [5.74, 6) is 0. The van der Waals surface area contributed by atoms with Crippen LogP contribution in [0.3, 0.4) is 0 Å². The molecule has 1 aromatic heterocycles. The van der Waals surface area contributed by atoms with Crippen molar-refractivity contribution in [3.8, 4) is 11.1 Å². The molecule has 0 unspecified atom stereocenters. The van der Waals surface area contributed by atoms with E-state index in [9.17, 15) is 13.2 Å². The summed E-state index contributed by atoms with van der Waals surface area (Å²) in [6, 6.07) is 37.4. The van der Waals surface area contributed by atoms with Crippen LogP contribution in [0.15, 0.2) is 128 Å². The van der Waals surface area contributed by atoms with Gasteiger partial charge in [0.2, 0.25) is 0 Å². The molecule has 7 heteroatoms. The molecule has 0 amide bonds. The van der Waals surface area contributed by atoms with Crippen LogP contribution < -0.4 is 4.90 Å². The van der Waals surface area contributed by atoms with E-state index in [-0.39, 0.29) is 5.52 Å². The van der Waals surface area contributed by atoms with Crippen molar-refractivity contribution in [2.75, 3.05) is 4.90 Å². The van der Waals surface area contributed by atoms with Crippen molar-refractivity contribution in [3.05, 3.63) is 165 Å². The molecule has 0 N–H and O–H groups in total.